The van der Waals surface area contributed by atoms with Crippen LogP contribution in [0.3, 0.4) is 0 Å². The van der Waals surface area contributed by atoms with Crippen LogP contribution in [-0.2, 0) is 4.74 Å². The number of nitrogens with zero attached hydrogens (tertiary/aromatic N) is 1. The van der Waals surface area contributed by atoms with E-state index in [0.717, 1.165) is 26.3 Å². The van der Waals surface area contributed by atoms with Gasteiger partial charge in [-0.1, -0.05) is 18.2 Å². The molecule has 1 aromatic carbocycles. The molecular weight excluding hydrogens is 207 g/mol. The Labute approximate surface area is 95.2 Å². The summed E-state index contributed by atoms with van der Waals surface area (Å²) in [5.74, 6) is -0.157. The fourth-order valence-electron chi connectivity index (χ4n) is 1.86. The molecule has 1 heterocycles. The molecule has 0 amide bonds. The first-order chi connectivity index (χ1) is 7.77. The van der Waals surface area contributed by atoms with Gasteiger partial charge in [-0.2, -0.15) is 0 Å². The van der Waals surface area contributed by atoms with Gasteiger partial charge in [-0.05, 0) is 13.0 Å². The van der Waals surface area contributed by atoms with Crippen LogP contribution in [0.4, 0.5) is 4.39 Å². The summed E-state index contributed by atoms with van der Waals surface area (Å²) in [4.78, 5) is 0. The number of nitrogens with one attached hydrogen (secondary N) is 1. The molecule has 1 saturated heterocycles. The normalized spacial score (nSPS) is 19.6. The molecule has 1 aliphatic heterocycles. The number of ether oxygens (including phenoxy) is 1. The maximum absolute atomic E-state index is 13.5. The molecule has 16 heavy (non-hydrogen) atoms. The molecule has 88 valence electrons. The smallest absolute Gasteiger partial charge is 0.128 e. The Morgan fingerprint density at radius 1 is 1.31 bits per heavy atom. The summed E-state index contributed by atoms with van der Waals surface area (Å²) >= 11 is 0. The highest BCUT2D eigenvalue weighted by atomic mass is 19.1. The molecule has 1 unspecified atom stereocenters. The summed E-state index contributed by atoms with van der Waals surface area (Å²) in [6.07, 6.45) is 0. The van der Waals surface area contributed by atoms with E-state index >= 15 is 0 Å². The van der Waals surface area contributed by atoms with Crippen molar-refractivity contribution in [1.29, 1.82) is 0 Å². The van der Waals surface area contributed by atoms with Crippen LogP contribution >= 0.6 is 0 Å². The summed E-state index contributed by atoms with van der Waals surface area (Å²) in [6, 6.07) is 6.86. The van der Waals surface area contributed by atoms with Crippen LogP contribution < -0.4 is 5.43 Å². The van der Waals surface area contributed by atoms with Gasteiger partial charge in [-0.3, -0.25) is 0 Å². The number of morpholine rings is 1. The fourth-order valence-corrected chi connectivity index (χ4v) is 1.86. The lowest BCUT2D eigenvalue weighted by Crippen LogP contribution is -2.46. The number of rotatable bonds is 3. The number of hydrogen-bond acceptors (Lipinski definition) is 3. The zero-order valence-corrected chi connectivity index (χ0v) is 9.45. The quantitative estimate of drug-likeness (QED) is 0.846. The van der Waals surface area contributed by atoms with E-state index in [1.807, 2.05) is 19.1 Å². The van der Waals surface area contributed by atoms with E-state index in [4.69, 9.17) is 4.74 Å². The molecule has 4 heteroatoms. The topological polar surface area (TPSA) is 24.5 Å². The van der Waals surface area contributed by atoms with Crippen LogP contribution in [0.1, 0.15) is 18.5 Å². The van der Waals surface area contributed by atoms with E-state index in [2.05, 4.69) is 10.4 Å². The van der Waals surface area contributed by atoms with Gasteiger partial charge in [0.1, 0.15) is 5.82 Å². The van der Waals surface area contributed by atoms with Crippen molar-refractivity contribution in [3.05, 3.63) is 35.6 Å². The molecule has 0 radical (unpaired) electrons. The van der Waals surface area contributed by atoms with Crippen LogP contribution in [0.25, 0.3) is 0 Å². The molecule has 0 spiro atoms. The van der Waals surface area contributed by atoms with Crippen LogP contribution in [0.2, 0.25) is 0 Å². The second-order valence-electron chi connectivity index (χ2n) is 3.97. The van der Waals surface area contributed by atoms with E-state index < -0.39 is 0 Å². The SMILES string of the molecule is CC(NN1CCOCC1)c1ccccc1F. The van der Waals surface area contributed by atoms with Crippen molar-refractivity contribution in [3.8, 4) is 0 Å². The van der Waals surface area contributed by atoms with Crippen molar-refractivity contribution in [3.63, 3.8) is 0 Å². The van der Waals surface area contributed by atoms with Gasteiger partial charge in [0, 0.05) is 24.7 Å². The number of halogens is 1. The number of hydrazine groups is 1. The third-order valence-electron chi connectivity index (χ3n) is 2.76. The first-order valence-corrected chi connectivity index (χ1v) is 5.60. The van der Waals surface area contributed by atoms with Crippen molar-refractivity contribution >= 4 is 0 Å². The maximum atomic E-state index is 13.5. The zero-order valence-electron chi connectivity index (χ0n) is 9.45. The highest BCUT2D eigenvalue weighted by Gasteiger charge is 2.15. The standard InChI is InChI=1S/C12H17FN2O/c1-10(11-4-2-3-5-12(11)13)14-15-6-8-16-9-7-15/h2-5,10,14H,6-9H2,1H3. The third kappa shape index (κ3) is 2.78. The summed E-state index contributed by atoms with van der Waals surface area (Å²) in [7, 11) is 0. The monoisotopic (exact) mass is 224 g/mol. The molecule has 1 N–H and O–H groups in total. The van der Waals surface area contributed by atoms with Crippen molar-refractivity contribution in [2.75, 3.05) is 26.3 Å². The lowest BCUT2D eigenvalue weighted by Gasteiger charge is -2.30. The van der Waals surface area contributed by atoms with Crippen molar-refractivity contribution < 1.29 is 9.13 Å². The van der Waals surface area contributed by atoms with Crippen LogP contribution in [-0.4, -0.2) is 31.3 Å². The van der Waals surface area contributed by atoms with Crippen LogP contribution in [0, 0.1) is 5.82 Å². The predicted octanol–water partition coefficient (Wildman–Crippen LogP) is 1.72. The lowest BCUT2D eigenvalue weighted by molar-refractivity contribution is 0.00460. The summed E-state index contributed by atoms with van der Waals surface area (Å²) in [6.45, 7) is 5.12. The van der Waals surface area contributed by atoms with Gasteiger partial charge in [-0.25, -0.2) is 14.8 Å². The molecular formula is C12H17FN2O. The van der Waals surface area contributed by atoms with Gasteiger partial charge in [0.2, 0.25) is 0 Å². The largest absolute Gasteiger partial charge is 0.379 e. The van der Waals surface area contributed by atoms with Gasteiger partial charge in [0.15, 0.2) is 0 Å². The van der Waals surface area contributed by atoms with E-state index in [0.29, 0.717) is 5.56 Å². The van der Waals surface area contributed by atoms with Crippen LogP contribution in [0.15, 0.2) is 24.3 Å². The predicted molar refractivity (Wildman–Crippen MR) is 60.3 cm³/mol. The van der Waals surface area contributed by atoms with Gasteiger partial charge >= 0.3 is 0 Å². The molecule has 0 bridgehead atoms. The van der Waals surface area contributed by atoms with E-state index in [-0.39, 0.29) is 11.9 Å². The molecule has 3 nitrogen and oxygen atoms in total. The van der Waals surface area contributed by atoms with Gasteiger partial charge in [0.05, 0.1) is 13.2 Å². The molecule has 1 fully saturated rings. The van der Waals surface area contributed by atoms with Crippen molar-refractivity contribution in [2.45, 2.75) is 13.0 Å². The highest BCUT2D eigenvalue weighted by Crippen LogP contribution is 2.16. The molecule has 1 aliphatic rings. The molecule has 1 aromatic rings. The van der Waals surface area contributed by atoms with Crippen molar-refractivity contribution in [2.24, 2.45) is 0 Å². The Morgan fingerprint density at radius 3 is 2.69 bits per heavy atom. The first kappa shape index (κ1) is 11.5. The summed E-state index contributed by atoms with van der Waals surface area (Å²) < 4.78 is 18.8. The Hall–Kier alpha value is -0.970. The van der Waals surface area contributed by atoms with E-state index in [1.165, 1.54) is 6.07 Å². The molecule has 1 atom stereocenters. The first-order valence-electron chi connectivity index (χ1n) is 5.60. The van der Waals surface area contributed by atoms with E-state index in [1.54, 1.807) is 6.07 Å². The Balaban J connectivity index is 1.96. The average Bonchev–Trinajstić information content (AvgIpc) is 2.31. The molecule has 0 aliphatic carbocycles. The Bertz CT molecular complexity index is 340. The second-order valence-corrected chi connectivity index (χ2v) is 3.97. The molecule has 0 saturated carbocycles. The third-order valence-corrected chi connectivity index (χ3v) is 2.76. The van der Waals surface area contributed by atoms with Crippen LogP contribution in [0.5, 0.6) is 0 Å². The number of benzene rings is 1. The molecule has 2 rings (SSSR count). The molecule has 0 aromatic heterocycles. The summed E-state index contributed by atoms with van der Waals surface area (Å²) in [5.41, 5.74) is 3.99. The van der Waals surface area contributed by atoms with Crippen molar-refractivity contribution in [1.82, 2.24) is 10.4 Å². The second kappa shape index (κ2) is 5.39. The minimum Gasteiger partial charge on any atom is -0.379 e. The Morgan fingerprint density at radius 2 is 2.00 bits per heavy atom. The summed E-state index contributed by atoms with van der Waals surface area (Å²) in [5, 5.41) is 2.08. The lowest BCUT2D eigenvalue weighted by atomic mass is 10.1. The maximum Gasteiger partial charge on any atom is 0.128 e. The Kier molecular flexibility index (Phi) is 3.88. The average molecular weight is 224 g/mol. The highest BCUT2D eigenvalue weighted by molar-refractivity contribution is 5.20. The van der Waals surface area contributed by atoms with Gasteiger partial charge in [-0.15, -0.1) is 0 Å². The minimum atomic E-state index is -0.157. The fraction of sp³-hybridized carbons (Fsp3) is 0.500. The number of hydrogen-bond donors (Lipinski definition) is 1. The van der Waals surface area contributed by atoms with E-state index in [9.17, 15) is 4.39 Å². The van der Waals surface area contributed by atoms with Gasteiger partial charge in [0.25, 0.3) is 0 Å². The minimum absolute atomic E-state index is 0.0145. The van der Waals surface area contributed by atoms with Gasteiger partial charge < -0.3 is 4.74 Å². The zero-order chi connectivity index (χ0) is 11.4.